The number of nitrogens with zero attached hydrogens (tertiary/aromatic N) is 1. The van der Waals surface area contributed by atoms with E-state index < -0.39 is 12.0 Å². The molecule has 0 unspecified atom stereocenters. The third-order valence-electron chi connectivity index (χ3n) is 2.69. The number of halogens is 1. The molecule has 2 amide bonds. The third-order valence-corrected chi connectivity index (χ3v) is 3.01. The van der Waals surface area contributed by atoms with Crippen LogP contribution in [0.2, 0.25) is 5.02 Å². The second kappa shape index (κ2) is 7.12. The van der Waals surface area contributed by atoms with Gasteiger partial charge in [0.15, 0.2) is 0 Å². The van der Waals surface area contributed by atoms with Crippen molar-refractivity contribution in [2.75, 3.05) is 18.5 Å². The van der Waals surface area contributed by atoms with E-state index >= 15 is 0 Å². The zero-order chi connectivity index (χ0) is 15.3. The zero-order valence-electron chi connectivity index (χ0n) is 11.3. The van der Waals surface area contributed by atoms with E-state index in [2.05, 4.69) is 5.32 Å². The van der Waals surface area contributed by atoms with E-state index in [1.807, 2.05) is 0 Å². The van der Waals surface area contributed by atoms with Crippen LogP contribution in [0.3, 0.4) is 0 Å². The Morgan fingerprint density at radius 3 is 2.55 bits per heavy atom. The normalized spacial score (nSPS) is 10.4. The molecule has 1 rings (SSSR count). The standard InChI is InChI=1S/C13H17ClN2O4/c1-8(2)16(6-7-17)13(20)15-10-5-3-4-9(14)11(10)12(18)19/h3-5,8,17H,6-7H2,1-2H3,(H,15,20)(H,18,19). The summed E-state index contributed by atoms with van der Waals surface area (Å²) in [5.74, 6) is -1.22. The molecule has 1 aromatic rings. The van der Waals surface area contributed by atoms with Gasteiger partial charge in [-0.25, -0.2) is 9.59 Å². The first-order valence-corrected chi connectivity index (χ1v) is 6.46. The van der Waals surface area contributed by atoms with Crippen molar-refractivity contribution in [3.8, 4) is 0 Å². The van der Waals surface area contributed by atoms with Crippen LogP contribution in [0.5, 0.6) is 0 Å². The smallest absolute Gasteiger partial charge is 0.339 e. The SMILES string of the molecule is CC(C)N(CCO)C(=O)Nc1cccc(Cl)c1C(=O)O. The number of nitrogens with one attached hydrogen (secondary N) is 1. The van der Waals surface area contributed by atoms with Gasteiger partial charge in [-0.05, 0) is 26.0 Å². The van der Waals surface area contributed by atoms with Gasteiger partial charge < -0.3 is 20.4 Å². The Morgan fingerprint density at radius 2 is 2.05 bits per heavy atom. The number of carbonyl (C=O) groups is 2. The number of carbonyl (C=O) groups excluding carboxylic acids is 1. The lowest BCUT2D eigenvalue weighted by Crippen LogP contribution is -2.42. The number of amides is 2. The lowest BCUT2D eigenvalue weighted by Gasteiger charge is -2.26. The second-order valence-electron chi connectivity index (χ2n) is 4.41. The number of carboxylic acid groups (broad SMARTS) is 1. The number of hydrogen-bond donors (Lipinski definition) is 3. The minimum atomic E-state index is -1.22. The topological polar surface area (TPSA) is 89.9 Å². The molecule has 0 radical (unpaired) electrons. The van der Waals surface area contributed by atoms with Crippen LogP contribution in [0, 0.1) is 0 Å². The molecule has 0 spiro atoms. The van der Waals surface area contributed by atoms with Gasteiger partial charge in [0.25, 0.3) is 0 Å². The van der Waals surface area contributed by atoms with Gasteiger partial charge in [-0.2, -0.15) is 0 Å². The number of aliphatic hydroxyl groups excluding tert-OH is 1. The van der Waals surface area contributed by atoms with Crippen LogP contribution in [0.1, 0.15) is 24.2 Å². The Morgan fingerprint density at radius 1 is 1.40 bits per heavy atom. The molecule has 20 heavy (non-hydrogen) atoms. The van der Waals surface area contributed by atoms with Gasteiger partial charge in [0.1, 0.15) is 5.56 Å². The molecule has 7 heteroatoms. The van der Waals surface area contributed by atoms with E-state index in [1.54, 1.807) is 19.9 Å². The maximum Gasteiger partial charge on any atom is 0.339 e. The summed E-state index contributed by atoms with van der Waals surface area (Å²) in [4.78, 5) is 24.7. The van der Waals surface area contributed by atoms with Crippen molar-refractivity contribution in [3.63, 3.8) is 0 Å². The van der Waals surface area contributed by atoms with Crippen molar-refractivity contribution in [1.29, 1.82) is 0 Å². The number of benzene rings is 1. The molecular formula is C13H17ClN2O4. The molecule has 0 atom stereocenters. The average Bonchev–Trinajstić information content (AvgIpc) is 2.34. The fourth-order valence-corrected chi connectivity index (χ4v) is 1.99. The number of aliphatic hydroxyl groups is 1. The Bertz CT molecular complexity index is 505. The summed E-state index contributed by atoms with van der Waals surface area (Å²) < 4.78 is 0. The first kappa shape index (κ1) is 16.3. The summed E-state index contributed by atoms with van der Waals surface area (Å²) in [5, 5.41) is 20.6. The van der Waals surface area contributed by atoms with Gasteiger partial charge in [0.2, 0.25) is 0 Å². The third kappa shape index (κ3) is 3.85. The minimum absolute atomic E-state index is 0.0496. The van der Waals surface area contributed by atoms with Crippen molar-refractivity contribution < 1.29 is 19.8 Å². The Hall–Kier alpha value is -1.79. The van der Waals surface area contributed by atoms with Crippen molar-refractivity contribution in [2.24, 2.45) is 0 Å². The quantitative estimate of drug-likeness (QED) is 0.778. The monoisotopic (exact) mass is 300 g/mol. The van der Waals surface area contributed by atoms with Crippen molar-refractivity contribution >= 4 is 29.3 Å². The largest absolute Gasteiger partial charge is 0.478 e. The molecule has 3 N–H and O–H groups in total. The number of hydrogen-bond acceptors (Lipinski definition) is 3. The molecule has 0 heterocycles. The summed E-state index contributed by atoms with van der Waals surface area (Å²) in [6.45, 7) is 3.58. The fourth-order valence-electron chi connectivity index (χ4n) is 1.73. The highest BCUT2D eigenvalue weighted by Crippen LogP contribution is 2.24. The fraction of sp³-hybridized carbons (Fsp3) is 0.385. The number of urea groups is 1. The Balaban J connectivity index is 3.01. The van der Waals surface area contributed by atoms with Gasteiger partial charge in [-0.3, -0.25) is 0 Å². The molecule has 0 bridgehead atoms. The predicted octanol–water partition coefficient (Wildman–Crippen LogP) is 2.27. The lowest BCUT2D eigenvalue weighted by molar-refractivity contribution is 0.0698. The summed E-state index contributed by atoms with van der Waals surface area (Å²) in [5.41, 5.74) is -0.0335. The maximum absolute atomic E-state index is 12.1. The minimum Gasteiger partial charge on any atom is -0.478 e. The van der Waals surface area contributed by atoms with E-state index in [4.69, 9.17) is 21.8 Å². The molecule has 0 aliphatic rings. The highest BCUT2D eigenvalue weighted by atomic mass is 35.5. The van der Waals surface area contributed by atoms with Gasteiger partial charge in [-0.1, -0.05) is 17.7 Å². The lowest BCUT2D eigenvalue weighted by atomic mass is 10.2. The first-order valence-electron chi connectivity index (χ1n) is 6.08. The van der Waals surface area contributed by atoms with Crippen molar-refractivity contribution in [2.45, 2.75) is 19.9 Å². The molecule has 0 aromatic heterocycles. The number of anilines is 1. The molecule has 6 nitrogen and oxygen atoms in total. The van der Waals surface area contributed by atoms with Crippen LogP contribution in [0.15, 0.2) is 18.2 Å². The van der Waals surface area contributed by atoms with E-state index in [-0.39, 0.29) is 35.5 Å². The molecule has 0 saturated heterocycles. The van der Waals surface area contributed by atoms with Crippen LogP contribution < -0.4 is 5.32 Å². The molecule has 0 aliphatic carbocycles. The van der Waals surface area contributed by atoms with E-state index in [0.29, 0.717) is 0 Å². The highest BCUT2D eigenvalue weighted by Gasteiger charge is 2.20. The average molecular weight is 301 g/mol. The van der Waals surface area contributed by atoms with E-state index in [0.717, 1.165) is 0 Å². The number of rotatable bonds is 5. The van der Waals surface area contributed by atoms with Crippen molar-refractivity contribution in [1.82, 2.24) is 4.90 Å². The van der Waals surface area contributed by atoms with Crippen LogP contribution in [-0.4, -0.2) is 46.3 Å². The maximum atomic E-state index is 12.1. The zero-order valence-corrected chi connectivity index (χ0v) is 12.0. The molecule has 0 fully saturated rings. The summed E-state index contributed by atoms with van der Waals surface area (Å²) in [7, 11) is 0. The summed E-state index contributed by atoms with van der Waals surface area (Å²) >= 11 is 5.83. The van der Waals surface area contributed by atoms with E-state index in [9.17, 15) is 9.59 Å². The van der Waals surface area contributed by atoms with Crippen LogP contribution in [-0.2, 0) is 0 Å². The van der Waals surface area contributed by atoms with Crippen LogP contribution in [0.25, 0.3) is 0 Å². The number of aromatic carboxylic acids is 1. The van der Waals surface area contributed by atoms with Crippen LogP contribution >= 0.6 is 11.6 Å². The summed E-state index contributed by atoms with van der Waals surface area (Å²) in [6, 6.07) is 3.84. The molecule has 0 aliphatic heterocycles. The van der Waals surface area contributed by atoms with Crippen LogP contribution in [0.4, 0.5) is 10.5 Å². The van der Waals surface area contributed by atoms with Gasteiger partial charge in [-0.15, -0.1) is 0 Å². The van der Waals surface area contributed by atoms with Gasteiger partial charge in [0, 0.05) is 12.6 Å². The second-order valence-corrected chi connectivity index (χ2v) is 4.82. The van der Waals surface area contributed by atoms with E-state index in [1.165, 1.54) is 17.0 Å². The molecule has 0 saturated carbocycles. The number of carboxylic acids is 1. The molecule has 110 valence electrons. The Labute approximate surface area is 122 Å². The predicted molar refractivity (Wildman–Crippen MR) is 76.4 cm³/mol. The molecular weight excluding hydrogens is 284 g/mol. The van der Waals surface area contributed by atoms with Crippen molar-refractivity contribution in [3.05, 3.63) is 28.8 Å². The molecule has 1 aromatic carbocycles. The summed E-state index contributed by atoms with van der Waals surface area (Å²) in [6.07, 6.45) is 0. The first-order chi connectivity index (χ1) is 9.38. The highest BCUT2D eigenvalue weighted by molar-refractivity contribution is 6.34. The Kier molecular flexibility index (Phi) is 5.79. The van der Waals surface area contributed by atoms with Gasteiger partial charge >= 0.3 is 12.0 Å². The van der Waals surface area contributed by atoms with Gasteiger partial charge in [0.05, 0.1) is 17.3 Å².